The Morgan fingerprint density at radius 1 is 1.29 bits per heavy atom. The second kappa shape index (κ2) is 6.72. The van der Waals surface area contributed by atoms with Crippen LogP contribution < -0.4 is 11.1 Å². The van der Waals surface area contributed by atoms with Gasteiger partial charge in [0.05, 0.1) is 5.41 Å². The summed E-state index contributed by atoms with van der Waals surface area (Å²) in [4.78, 5) is 23.6. The van der Waals surface area contributed by atoms with Gasteiger partial charge in [0.25, 0.3) is 0 Å². The Morgan fingerprint density at radius 2 is 1.95 bits per heavy atom. The normalized spacial score (nSPS) is 17.6. The van der Waals surface area contributed by atoms with Crippen molar-refractivity contribution in [1.29, 1.82) is 0 Å². The third-order valence-corrected chi connectivity index (χ3v) is 4.35. The highest BCUT2D eigenvalue weighted by Gasteiger charge is 2.43. The van der Waals surface area contributed by atoms with E-state index >= 15 is 0 Å². The zero-order valence-electron chi connectivity index (χ0n) is 12.0. The largest absolute Gasteiger partial charge is 0.480 e. The van der Waals surface area contributed by atoms with Crippen molar-refractivity contribution < 1.29 is 14.7 Å². The van der Waals surface area contributed by atoms with Crippen LogP contribution in [0.15, 0.2) is 30.3 Å². The molecule has 5 nitrogen and oxygen atoms in total. The molecule has 0 aliphatic heterocycles. The van der Waals surface area contributed by atoms with Gasteiger partial charge in [-0.05, 0) is 31.2 Å². The van der Waals surface area contributed by atoms with Crippen molar-refractivity contribution in [3.63, 3.8) is 0 Å². The number of nitrogens with one attached hydrogen (secondary N) is 1. The van der Waals surface area contributed by atoms with Crippen LogP contribution in [-0.2, 0) is 16.0 Å². The summed E-state index contributed by atoms with van der Waals surface area (Å²) in [5.74, 6) is -1.21. The lowest BCUT2D eigenvalue weighted by Gasteiger charge is -2.39. The van der Waals surface area contributed by atoms with E-state index in [9.17, 15) is 14.7 Å². The number of hydrogen-bond donors (Lipinski definition) is 3. The summed E-state index contributed by atoms with van der Waals surface area (Å²) < 4.78 is 0. The Labute approximate surface area is 124 Å². The fourth-order valence-electron chi connectivity index (χ4n) is 2.65. The van der Waals surface area contributed by atoms with Gasteiger partial charge in [-0.25, -0.2) is 4.79 Å². The lowest BCUT2D eigenvalue weighted by Crippen LogP contribution is -2.54. The summed E-state index contributed by atoms with van der Waals surface area (Å²) in [6, 6.07) is 8.80. The molecular formula is C16H22N2O3. The number of rotatable bonds is 7. The second-order valence-corrected chi connectivity index (χ2v) is 5.73. The van der Waals surface area contributed by atoms with Crippen LogP contribution in [0.3, 0.4) is 0 Å². The van der Waals surface area contributed by atoms with Crippen molar-refractivity contribution in [3.8, 4) is 0 Å². The maximum atomic E-state index is 12.3. The zero-order chi connectivity index (χ0) is 15.3. The quantitative estimate of drug-likeness (QED) is 0.706. The summed E-state index contributed by atoms with van der Waals surface area (Å²) in [5.41, 5.74) is 6.20. The predicted molar refractivity (Wildman–Crippen MR) is 79.7 cm³/mol. The molecule has 1 aromatic carbocycles. The van der Waals surface area contributed by atoms with E-state index in [4.69, 9.17) is 5.73 Å². The Bertz CT molecular complexity index is 492. The van der Waals surface area contributed by atoms with Gasteiger partial charge in [0.15, 0.2) is 0 Å². The maximum Gasteiger partial charge on any atom is 0.326 e. The van der Waals surface area contributed by atoms with Gasteiger partial charge >= 0.3 is 5.97 Å². The molecule has 0 bridgehead atoms. The highest BCUT2D eigenvalue weighted by atomic mass is 16.4. The first kappa shape index (κ1) is 15.5. The van der Waals surface area contributed by atoms with Gasteiger partial charge in [0.1, 0.15) is 6.04 Å². The van der Waals surface area contributed by atoms with Crippen LogP contribution in [0.5, 0.6) is 0 Å². The highest BCUT2D eigenvalue weighted by Crippen LogP contribution is 2.40. The van der Waals surface area contributed by atoms with Gasteiger partial charge in [0, 0.05) is 6.54 Å². The molecule has 5 heteroatoms. The standard InChI is InChI=1S/C16H22N2O3/c17-11-16(9-4-10-16)15(21)18-13(14(19)20)8-7-12-5-2-1-3-6-12/h1-3,5-6,13H,4,7-11,17H2,(H,18,21)(H,19,20)/t13-/m0/s1. The average Bonchev–Trinajstić information content (AvgIpc) is 2.43. The van der Waals surface area contributed by atoms with Gasteiger partial charge in [-0.15, -0.1) is 0 Å². The second-order valence-electron chi connectivity index (χ2n) is 5.73. The first-order valence-corrected chi connectivity index (χ1v) is 7.35. The zero-order valence-corrected chi connectivity index (χ0v) is 12.0. The molecule has 2 rings (SSSR count). The Balaban J connectivity index is 1.93. The summed E-state index contributed by atoms with van der Waals surface area (Å²) in [5, 5.41) is 11.9. The van der Waals surface area contributed by atoms with Crippen molar-refractivity contribution in [2.75, 3.05) is 6.54 Å². The number of carbonyl (C=O) groups is 2. The molecule has 1 aromatic rings. The summed E-state index contributed by atoms with van der Waals surface area (Å²) in [7, 11) is 0. The molecule has 21 heavy (non-hydrogen) atoms. The molecular weight excluding hydrogens is 268 g/mol. The summed E-state index contributed by atoms with van der Waals surface area (Å²) in [6.07, 6.45) is 3.48. The minimum absolute atomic E-state index is 0.211. The number of nitrogens with two attached hydrogens (primary N) is 1. The average molecular weight is 290 g/mol. The molecule has 0 unspecified atom stereocenters. The molecule has 1 aliphatic carbocycles. The predicted octanol–water partition coefficient (Wildman–Crippen LogP) is 1.32. The van der Waals surface area contributed by atoms with E-state index < -0.39 is 17.4 Å². The van der Waals surface area contributed by atoms with Gasteiger partial charge in [0.2, 0.25) is 5.91 Å². The number of amides is 1. The molecule has 114 valence electrons. The van der Waals surface area contributed by atoms with Crippen LogP contribution in [0, 0.1) is 5.41 Å². The van der Waals surface area contributed by atoms with Crippen molar-refractivity contribution in [1.82, 2.24) is 5.32 Å². The van der Waals surface area contributed by atoms with E-state index in [0.29, 0.717) is 12.8 Å². The van der Waals surface area contributed by atoms with Crippen molar-refractivity contribution >= 4 is 11.9 Å². The van der Waals surface area contributed by atoms with Crippen LogP contribution in [0.2, 0.25) is 0 Å². The monoisotopic (exact) mass is 290 g/mol. The van der Waals surface area contributed by atoms with E-state index in [2.05, 4.69) is 5.32 Å². The third kappa shape index (κ3) is 3.61. The Kier molecular flexibility index (Phi) is 4.96. The van der Waals surface area contributed by atoms with E-state index in [-0.39, 0.29) is 12.5 Å². The van der Waals surface area contributed by atoms with Crippen LogP contribution >= 0.6 is 0 Å². The molecule has 0 saturated heterocycles. The topological polar surface area (TPSA) is 92.4 Å². The number of carbonyl (C=O) groups excluding carboxylic acids is 1. The van der Waals surface area contributed by atoms with E-state index in [1.807, 2.05) is 30.3 Å². The number of aliphatic carboxylic acids is 1. The molecule has 0 radical (unpaired) electrons. The number of aryl methyl sites for hydroxylation is 1. The number of carboxylic acid groups (broad SMARTS) is 1. The maximum absolute atomic E-state index is 12.3. The minimum atomic E-state index is -0.995. The number of carboxylic acids is 1. The highest BCUT2D eigenvalue weighted by molar-refractivity contribution is 5.88. The van der Waals surface area contributed by atoms with E-state index in [1.54, 1.807) is 0 Å². The lowest BCUT2D eigenvalue weighted by atomic mass is 9.68. The van der Waals surface area contributed by atoms with Crippen LogP contribution in [0.25, 0.3) is 0 Å². The van der Waals surface area contributed by atoms with Crippen molar-refractivity contribution in [2.24, 2.45) is 11.1 Å². The smallest absolute Gasteiger partial charge is 0.326 e. The molecule has 1 atom stereocenters. The SMILES string of the molecule is NCC1(C(=O)N[C@@H](CCc2ccccc2)C(=O)O)CCC1. The molecule has 0 aromatic heterocycles. The molecule has 0 heterocycles. The van der Waals surface area contributed by atoms with Crippen molar-refractivity contribution in [3.05, 3.63) is 35.9 Å². The Hall–Kier alpha value is -1.88. The summed E-state index contributed by atoms with van der Waals surface area (Å²) in [6.45, 7) is 0.282. The fourth-order valence-corrected chi connectivity index (χ4v) is 2.65. The lowest BCUT2D eigenvalue weighted by molar-refractivity contribution is -0.145. The minimum Gasteiger partial charge on any atom is -0.480 e. The molecule has 1 aliphatic rings. The molecule has 0 spiro atoms. The van der Waals surface area contributed by atoms with Crippen LogP contribution in [0.4, 0.5) is 0 Å². The Morgan fingerprint density at radius 3 is 2.43 bits per heavy atom. The van der Waals surface area contributed by atoms with Gasteiger partial charge in [-0.3, -0.25) is 4.79 Å². The fraction of sp³-hybridized carbons (Fsp3) is 0.500. The van der Waals surface area contributed by atoms with Crippen molar-refractivity contribution in [2.45, 2.75) is 38.1 Å². The van der Waals surface area contributed by atoms with Gasteiger partial charge < -0.3 is 16.2 Å². The number of hydrogen-bond acceptors (Lipinski definition) is 3. The van der Waals surface area contributed by atoms with E-state index in [1.165, 1.54) is 0 Å². The molecule has 4 N–H and O–H groups in total. The molecule has 1 saturated carbocycles. The number of benzene rings is 1. The molecule has 1 amide bonds. The first-order valence-electron chi connectivity index (χ1n) is 7.35. The first-order chi connectivity index (χ1) is 10.1. The van der Waals surface area contributed by atoms with Gasteiger partial charge in [-0.1, -0.05) is 36.8 Å². The third-order valence-electron chi connectivity index (χ3n) is 4.35. The van der Waals surface area contributed by atoms with Crippen LogP contribution in [0.1, 0.15) is 31.2 Å². The van der Waals surface area contributed by atoms with Gasteiger partial charge in [-0.2, -0.15) is 0 Å². The van der Waals surface area contributed by atoms with Crippen LogP contribution in [-0.4, -0.2) is 29.6 Å². The van der Waals surface area contributed by atoms with E-state index in [0.717, 1.165) is 24.8 Å². The molecule has 1 fully saturated rings. The summed E-state index contributed by atoms with van der Waals surface area (Å²) >= 11 is 0.